The number of anilines is 1. The molecular formula is C12H14N4O4S. The van der Waals surface area contributed by atoms with Gasteiger partial charge in [-0.3, -0.25) is 14.6 Å². The molecule has 9 heteroatoms. The molecule has 8 nitrogen and oxygen atoms in total. The normalized spacial score (nSPS) is 11.1. The fourth-order valence-corrected chi connectivity index (χ4v) is 2.80. The fourth-order valence-electron chi connectivity index (χ4n) is 1.69. The van der Waals surface area contributed by atoms with Gasteiger partial charge in [-0.15, -0.1) is 0 Å². The molecule has 0 aliphatic carbocycles. The Balaban J connectivity index is 2.43. The maximum absolute atomic E-state index is 12.3. The molecule has 0 saturated carbocycles. The van der Waals surface area contributed by atoms with E-state index >= 15 is 0 Å². The lowest BCUT2D eigenvalue weighted by Gasteiger charge is -2.10. The monoisotopic (exact) mass is 310 g/mol. The quantitative estimate of drug-likeness (QED) is 0.746. The van der Waals surface area contributed by atoms with Crippen molar-refractivity contribution in [2.45, 2.75) is 11.8 Å². The molecule has 1 amide bonds. The number of carbonyl (C=O) groups excluding carboxylic acids is 1. The van der Waals surface area contributed by atoms with Crippen LogP contribution in [-0.2, 0) is 10.0 Å². The minimum Gasteiger partial charge on any atom is -0.496 e. The van der Waals surface area contributed by atoms with Gasteiger partial charge >= 0.3 is 0 Å². The number of nitrogens with two attached hydrogens (primary N) is 1. The van der Waals surface area contributed by atoms with Gasteiger partial charge < -0.3 is 10.5 Å². The van der Waals surface area contributed by atoms with Crippen LogP contribution in [-0.4, -0.2) is 31.6 Å². The topological polar surface area (TPSA) is 127 Å². The van der Waals surface area contributed by atoms with Crippen LogP contribution in [0.5, 0.6) is 5.75 Å². The van der Waals surface area contributed by atoms with E-state index in [2.05, 4.69) is 14.9 Å². The Morgan fingerprint density at radius 3 is 2.67 bits per heavy atom. The smallest absolute Gasteiger partial charge is 0.263 e. The zero-order chi connectivity index (χ0) is 15.6. The highest BCUT2D eigenvalue weighted by atomic mass is 32.2. The van der Waals surface area contributed by atoms with Crippen molar-refractivity contribution in [1.29, 1.82) is 0 Å². The average Bonchev–Trinajstić information content (AvgIpc) is 2.82. The third kappa shape index (κ3) is 2.97. The molecule has 21 heavy (non-hydrogen) atoms. The lowest BCUT2D eigenvalue weighted by molar-refractivity contribution is 0.0997. The molecule has 0 aliphatic rings. The molecule has 0 aliphatic heterocycles. The van der Waals surface area contributed by atoms with Crippen LogP contribution in [0.3, 0.4) is 0 Å². The summed E-state index contributed by atoms with van der Waals surface area (Å²) < 4.78 is 31.9. The Bertz CT molecular complexity index is 782. The first-order valence-corrected chi connectivity index (χ1v) is 7.34. The van der Waals surface area contributed by atoms with E-state index in [1.54, 1.807) is 6.92 Å². The van der Waals surface area contributed by atoms with Crippen LogP contribution in [0.25, 0.3) is 0 Å². The lowest BCUT2D eigenvalue weighted by atomic mass is 10.2. The summed E-state index contributed by atoms with van der Waals surface area (Å²) in [6.45, 7) is 1.70. The molecular weight excluding hydrogens is 296 g/mol. The molecule has 1 aromatic heterocycles. The second-order valence-corrected chi connectivity index (χ2v) is 5.94. The number of amides is 1. The number of aromatic nitrogens is 2. The largest absolute Gasteiger partial charge is 0.496 e. The molecule has 2 rings (SSSR count). The van der Waals surface area contributed by atoms with Gasteiger partial charge in [0.25, 0.3) is 15.9 Å². The van der Waals surface area contributed by atoms with Crippen LogP contribution in [0.2, 0.25) is 0 Å². The standard InChI is InChI=1S/C12H14N4O4S/c1-7-6-14-15-12(7)16-21(18,19)8-3-4-10(20-2)9(5-8)11(13)17/h3-6H,1-2H3,(H2,13,17)(H2,14,15,16). The van der Waals surface area contributed by atoms with Crippen molar-refractivity contribution >= 4 is 21.7 Å². The van der Waals surface area contributed by atoms with Crippen molar-refractivity contribution in [2.24, 2.45) is 5.73 Å². The number of nitrogens with zero attached hydrogens (tertiary/aromatic N) is 1. The molecule has 1 aromatic carbocycles. The first-order chi connectivity index (χ1) is 9.85. The summed E-state index contributed by atoms with van der Waals surface area (Å²) in [5, 5.41) is 6.26. The van der Waals surface area contributed by atoms with Crippen LogP contribution in [0, 0.1) is 6.92 Å². The minimum absolute atomic E-state index is 0.0123. The molecule has 0 spiro atoms. The van der Waals surface area contributed by atoms with Gasteiger partial charge in [-0.2, -0.15) is 5.10 Å². The van der Waals surface area contributed by atoms with Crippen LogP contribution in [0.4, 0.5) is 5.82 Å². The number of hydrogen-bond donors (Lipinski definition) is 3. The first kappa shape index (κ1) is 14.9. The molecule has 0 fully saturated rings. The number of methoxy groups -OCH3 is 1. The van der Waals surface area contributed by atoms with Gasteiger partial charge in [-0.25, -0.2) is 8.42 Å². The second-order valence-electron chi connectivity index (χ2n) is 4.26. The van der Waals surface area contributed by atoms with Crippen molar-refractivity contribution in [3.63, 3.8) is 0 Å². The number of hydrogen-bond acceptors (Lipinski definition) is 5. The maximum Gasteiger partial charge on any atom is 0.263 e. The number of H-pyrrole nitrogens is 1. The van der Waals surface area contributed by atoms with Crippen LogP contribution in [0.15, 0.2) is 29.3 Å². The lowest BCUT2D eigenvalue weighted by Crippen LogP contribution is -2.17. The number of benzene rings is 1. The van der Waals surface area contributed by atoms with E-state index in [0.29, 0.717) is 5.56 Å². The SMILES string of the molecule is COc1ccc(S(=O)(=O)Nc2[nH]ncc2C)cc1C(N)=O. The number of aryl methyl sites for hydroxylation is 1. The van der Waals surface area contributed by atoms with Crippen LogP contribution in [0.1, 0.15) is 15.9 Å². The maximum atomic E-state index is 12.3. The summed E-state index contributed by atoms with van der Waals surface area (Å²) in [6, 6.07) is 3.85. The molecule has 0 atom stereocenters. The first-order valence-electron chi connectivity index (χ1n) is 5.86. The third-order valence-corrected chi connectivity index (χ3v) is 4.16. The minimum atomic E-state index is -3.87. The van der Waals surface area contributed by atoms with Gasteiger partial charge in [0.2, 0.25) is 0 Å². The molecule has 0 radical (unpaired) electrons. The van der Waals surface area contributed by atoms with Gasteiger partial charge in [0.1, 0.15) is 11.6 Å². The summed E-state index contributed by atoms with van der Waals surface area (Å²) in [7, 11) is -2.51. The Morgan fingerprint density at radius 2 is 2.14 bits per heavy atom. The van der Waals surface area contributed by atoms with E-state index in [9.17, 15) is 13.2 Å². The average molecular weight is 310 g/mol. The number of carbonyl (C=O) groups is 1. The Labute approximate surface area is 121 Å². The van der Waals surface area contributed by atoms with Crippen LogP contribution >= 0.6 is 0 Å². The van der Waals surface area contributed by atoms with Gasteiger partial charge in [-0.05, 0) is 25.1 Å². The van der Waals surface area contributed by atoms with E-state index in [-0.39, 0.29) is 22.0 Å². The molecule has 112 valence electrons. The Kier molecular flexibility index (Phi) is 3.85. The zero-order valence-corrected chi connectivity index (χ0v) is 12.2. The van der Waals surface area contributed by atoms with E-state index in [0.717, 1.165) is 6.07 Å². The van der Waals surface area contributed by atoms with Crippen molar-refractivity contribution in [1.82, 2.24) is 10.2 Å². The van der Waals surface area contributed by atoms with Gasteiger partial charge in [0.15, 0.2) is 0 Å². The van der Waals surface area contributed by atoms with Crippen LogP contribution < -0.4 is 15.2 Å². The van der Waals surface area contributed by atoms with Crippen molar-refractivity contribution in [3.05, 3.63) is 35.5 Å². The molecule has 0 bridgehead atoms. The fraction of sp³-hybridized carbons (Fsp3) is 0.167. The number of ether oxygens (including phenoxy) is 1. The van der Waals surface area contributed by atoms with Crippen molar-refractivity contribution < 1.29 is 17.9 Å². The second kappa shape index (κ2) is 5.44. The number of rotatable bonds is 5. The summed E-state index contributed by atoms with van der Waals surface area (Å²) in [5.41, 5.74) is 5.84. The van der Waals surface area contributed by atoms with Gasteiger partial charge in [0, 0.05) is 5.56 Å². The van der Waals surface area contributed by atoms with Gasteiger partial charge in [0.05, 0.1) is 23.8 Å². The molecule has 0 saturated heterocycles. The summed E-state index contributed by atoms with van der Waals surface area (Å²) in [4.78, 5) is 11.2. The van der Waals surface area contributed by atoms with E-state index < -0.39 is 15.9 Å². The number of aromatic amines is 1. The highest BCUT2D eigenvalue weighted by Crippen LogP contribution is 2.23. The number of sulfonamides is 1. The van der Waals surface area contributed by atoms with E-state index in [4.69, 9.17) is 10.5 Å². The van der Waals surface area contributed by atoms with Gasteiger partial charge in [-0.1, -0.05) is 0 Å². The summed E-state index contributed by atoms with van der Waals surface area (Å²) in [6.07, 6.45) is 1.49. The third-order valence-electron chi connectivity index (χ3n) is 2.81. The zero-order valence-electron chi connectivity index (χ0n) is 11.4. The summed E-state index contributed by atoms with van der Waals surface area (Å²) >= 11 is 0. The number of nitrogens with one attached hydrogen (secondary N) is 2. The van der Waals surface area contributed by atoms with Crippen molar-refractivity contribution in [2.75, 3.05) is 11.8 Å². The van der Waals surface area contributed by atoms with Crippen molar-refractivity contribution in [3.8, 4) is 5.75 Å². The summed E-state index contributed by atoms with van der Waals surface area (Å²) in [5.74, 6) is -0.313. The van der Waals surface area contributed by atoms with E-state index in [1.165, 1.54) is 25.4 Å². The highest BCUT2D eigenvalue weighted by molar-refractivity contribution is 7.92. The predicted octanol–water partition coefficient (Wildman–Crippen LogP) is 0.626. The predicted molar refractivity (Wildman–Crippen MR) is 75.6 cm³/mol. The molecule has 4 N–H and O–H groups in total. The molecule has 2 aromatic rings. The van der Waals surface area contributed by atoms with E-state index in [1.807, 2.05) is 0 Å². The highest BCUT2D eigenvalue weighted by Gasteiger charge is 2.20. The Hall–Kier alpha value is -2.55. The molecule has 1 heterocycles. The molecule has 0 unspecified atom stereocenters. The number of primary amides is 1. The Morgan fingerprint density at radius 1 is 1.43 bits per heavy atom.